The molecule has 3 aromatic carbocycles. The summed E-state index contributed by atoms with van der Waals surface area (Å²) in [6.07, 6.45) is 0.265. The first-order chi connectivity index (χ1) is 12.6. The molecule has 3 aromatic rings. The molecule has 2 amide bonds. The fraction of sp³-hybridized carbons (Fsp3) is 0.0909. The van der Waals surface area contributed by atoms with Crippen molar-refractivity contribution in [1.82, 2.24) is 0 Å². The predicted molar refractivity (Wildman–Crippen MR) is 103 cm³/mol. The smallest absolute Gasteiger partial charge is 0.250 e. The molecule has 0 unspecified atom stereocenters. The number of rotatable bonds is 6. The normalized spacial score (nSPS) is 10.5. The summed E-state index contributed by atoms with van der Waals surface area (Å²) in [4.78, 5) is 24.2. The number of nitrogens with one attached hydrogen (secondary N) is 1. The van der Waals surface area contributed by atoms with E-state index < -0.39 is 5.91 Å². The largest absolute Gasteiger partial charge is 0.366 e. The molecule has 0 bridgehead atoms. The van der Waals surface area contributed by atoms with Crippen molar-refractivity contribution in [2.75, 3.05) is 5.32 Å². The molecule has 130 valence electrons. The number of primary amides is 1. The molecule has 0 saturated heterocycles. The van der Waals surface area contributed by atoms with Crippen molar-refractivity contribution in [3.8, 4) is 0 Å². The van der Waals surface area contributed by atoms with Crippen LogP contribution in [0.5, 0.6) is 0 Å². The number of anilines is 1. The molecule has 0 heterocycles. The molecule has 0 aliphatic rings. The predicted octanol–water partition coefficient (Wildman–Crippen LogP) is 3.95. The Bertz CT molecular complexity index is 853. The maximum atomic E-state index is 12.7. The van der Waals surface area contributed by atoms with E-state index in [1.54, 1.807) is 24.3 Å². The van der Waals surface area contributed by atoms with Gasteiger partial charge in [-0.1, -0.05) is 72.8 Å². The first-order valence-corrected chi connectivity index (χ1v) is 8.43. The zero-order valence-electron chi connectivity index (χ0n) is 14.3. The monoisotopic (exact) mass is 344 g/mol. The Balaban J connectivity index is 1.84. The third kappa shape index (κ3) is 4.16. The molecule has 0 aliphatic carbocycles. The van der Waals surface area contributed by atoms with Gasteiger partial charge in [-0.3, -0.25) is 9.59 Å². The van der Waals surface area contributed by atoms with Gasteiger partial charge >= 0.3 is 0 Å². The SMILES string of the molecule is NC(=O)c1ccccc1NC(=O)CC(c1ccccc1)c1ccccc1. The first-order valence-electron chi connectivity index (χ1n) is 8.43. The van der Waals surface area contributed by atoms with E-state index in [2.05, 4.69) is 5.32 Å². The molecule has 0 spiro atoms. The summed E-state index contributed by atoms with van der Waals surface area (Å²) in [5.41, 5.74) is 8.25. The number of benzene rings is 3. The van der Waals surface area contributed by atoms with Crippen molar-refractivity contribution in [2.45, 2.75) is 12.3 Å². The molecule has 3 rings (SSSR count). The van der Waals surface area contributed by atoms with E-state index in [1.165, 1.54) is 0 Å². The Hall–Kier alpha value is -3.40. The number of carbonyl (C=O) groups is 2. The van der Waals surface area contributed by atoms with Gasteiger partial charge < -0.3 is 11.1 Å². The van der Waals surface area contributed by atoms with E-state index in [4.69, 9.17) is 5.73 Å². The number of amides is 2. The van der Waals surface area contributed by atoms with Crippen LogP contribution < -0.4 is 11.1 Å². The van der Waals surface area contributed by atoms with Crippen molar-refractivity contribution in [1.29, 1.82) is 0 Å². The van der Waals surface area contributed by atoms with Gasteiger partial charge in [0, 0.05) is 12.3 Å². The Labute approximate surface area is 152 Å². The molecule has 26 heavy (non-hydrogen) atoms. The minimum Gasteiger partial charge on any atom is -0.366 e. The molecular weight excluding hydrogens is 324 g/mol. The molecule has 0 fully saturated rings. The molecule has 0 saturated carbocycles. The van der Waals surface area contributed by atoms with Gasteiger partial charge in [0.2, 0.25) is 5.91 Å². The summed E-state index contributed by atoms with van der Waals surface area (Å²) in [6, 6.07) is 26.6. The van der Waals surface area contributed by atoms with E-state index in [0.717, 1.165) is 11.1 Å². The van der Waals surface area contributed by atoms with E-state index >= 15 is 0 Å². The Morgan fingerprint density at radius 2 is 1.27 bits per heavy atom. The van der Waals surface area contributed by atoms with Gasteiger partial charge in [-0.05, 0) is 23.3 Å². The van der Waals surface area contributed by atoms with Gasteiger partial charge in [-0.2, -0.15) is 0 Å². The van der Waals surface area contributed by atoms with Gasteiger partial charge in [0.1, 0.15) is 0 Å². The van der Waals surface area contributed by atoms with Crippen molar-refractivity contribution in [2.24, 2.45) is 5.73 Å². The van der Waals surface area contributed by atoms with Crippen molar-refractivity contribution >= 4 is 17.5 Å². The zero-order valence-corrected chi connectivity index (χ0v) is 14.3. The summed E-state index contributed by atoms with van der Waals surface area (Å²) in [6.45, 7) is 0. The number of hydrogen-bond acceptors (Lipinski definition) is 2. The molecule has 4 heteroatoms. The second-order valence-corrected chi connectivity index (χ2v) is 6.04. The van der Waals surface area contributed by atoms with Crippen LogP contribution in [-0.2, 0) is 4.79 Å². The minimum absolute atomic E-state index is 0.0712. The molecule has 4 nitrogen and oxygen atoms in total. The highest BCUT2D eigenvalue weighted by Crippen LogP contribution is 2.28. The van der Waals surface area contributed by atoms with Crippen LogP contribution >= 0.6 is 0 Å². The van der Waals surface area contributed by atoms with Crippen LogP contribution in [0.15, 0.2) is 84.9 Å². The highest BCUT2D eigenvalue weighted by molar-refractivity contribution is 6.03. The minimum atomic E-state index is -0.566. The van der Waals surface area contributed by atoms with Crippen LogP contribution in [-0.4, -0.2) is 11.8 Å². The van der Waals surface area contributed by atoms with Gasteiger partial charge in [-0.15, -0.1) is 0 Å². The zero-order chi connectivity index (χ0) is 18.4. The third-order valence-corrected chi connectivity index (χ3v) is 4.26. The van der Waals surface area contributed by atoms with E-state index in [-0.39, 0.29) is 18.2 Å². The standard InChI is InChI=1S/C22H20N2O2/c23-22(26)18-13-7-8-14-20(18)24-21(25)15-19(16-9-3-1-4-10-16)17-11-5-2-6-12-17/h1-14,19H,15H2,(H2,23,26)(H,24,25). The molecule has 3 N–H and O–H groups in total. The van der Waals surface area contributed by atoms with Crippen molar-refractivity contribution in [3.05, 3.63) is 102 Å². The maximum absolute atomic E-state index is 12.7. The highest BCUT2D eigenvalue weighted by atomic mass is 16.2. The first kappa shape index (κ1) is 17.4. The van der Waals surface area contributed by atoms with Gasteiger partial charge in [-0.25, -0.2) is 0 Å². The number of para-hydroxylation sites is 1. The van der Waals surface area contributed by atoms with E-state index in [9.17, 15) is 9.59 Å². The number of nitrogens with two attached hydrogens (primary N) is 1. The summed E-state index contributed by atoms with van der Waals surface area (Å²) in [5, 5.41) is 2.82. The van der Waals surface area contributed by atoms with Gasteiger partial charge in [0.05, 0.1) is 11.3 Å². The Morgan fingerprint density at radius 3 is 1.81 bits per heavy atom. The van der Waals surface area contributed by atoms with Crippen LogP contribution in [0.25, 0.3) is 0 Å². The average Bonchev–Trinajstić information content (AvgIpc) is 2.68. The Kier molecular flexibility index (Phi) is 5.44. The fourth-order valence-electron chi connectivity index (χ4n) is 2.99. The van der Waals surface area contributed by atoms with Crippen molar-refractivity contribution in [3.63, 3.8) is 0 Å². The summed E-state index contributed by atoms with van der Waals surface area (Å²) in [5.74, 6) is -0.807. The molecule has 0 atom stereocenters. The number of hydrogen-bond donors (Lipinski definition) is 2. The summed E-state index contributed by atoms with van der Waals surface area (Å²) in [7, 11) is 0. The van der Waals surface area contributed by atoms with Crippen LogP contribution in [0, 0.1) is 0 Å². The lowest BCUT2D eigenvalue weighted by molar-refractivity contribution is -0.116. The van der Waals surface area contributed by atoms with Crippen LogP contribution in [0.3, 0.4) is 0 Å². The lowest BCUT2D eigenvalue weighted by atomic mass is 9.88. The van der Waals surface area contributed by atoms with Crippen molar-refractivity contribution < 1.29 is 9.59 Å². The highest BCUT2D eigenvalue weighted by Gasteiger charge is 2.19. The van der Waals surface area contributed by atoms with Gasteiger partial charge in [0.25, 0.3) is 5.91 Å². The molecule has 0 radical (unpaired) electrons. The summed E-state index contributed by atoms with van der Waals surface area (Å²) < 4.78 is 0. The van der Waals surface area contributed by atoms with E-state index in [1.807, 2.05) is 60.7 Å². The summed E-state index contributed by atoms with van der Waals surface area (Å²) >= 11 is 0. The molecule has 0 aromatic heterocycles. The lowest BCUT2D eigenvalue weighted by Crippen LogP contribution is -2.20. The average molecular weight is 344 g/mol. The second kappa shape index (κ2) is 8.12. The van der Waals surface area contributed by atoms with Crippen LogP contribution in [0.2, 0.25) is 0 Å². The van der Waals surface area contributed by atoms with Gasteiger partial charge in [0.15, 0.2) is 0 Å². The van der Waals surface area contributed by atoms with E-state index in [0.29, 0.717) is 11.3 Å². The third-order valence-electron chi connectivity index (χ3n) is 4.26. The molecule has 0 aliphatic heterocycles. The maximum Gasteiger partial charge on any atom is 0.250 e. The topological polar surface area (TPSA) is 72.2 Å². The Morgan fingerprint density at radius 1 is 0.769 bits per heavy atom. The molecular formula is C22H20N2O2. The van der Waals surface area contributed by atoms with Crippen LogP contribution in [0.4, 0.5) is 5.69 Å². The quantitative estimate of drug-likeness (QED) is 0.711. The fourth-order valence-corrected chi connectivity index (χ4v) is 2.99. The lowest BCUT2D eigenvalue weighted by Gasteiger charge is -2.18. The number of carbonyl (C=O) groups excluding carboxylic acids is 2. The second-order valence-electron chi connectivity index (χ2n) is 6.04. The van der Waals surface area contributed by atoms with Crippen LogP contribution in [0.1, 0.15) is 33.8 Å².